The van der Waals surface area contributed by atoms with Gasteiger partial charge in [0.15, 0.2) is 5.11 Å². The van der Waals surface area contributed by atoms with Crippen LogP contribution in [0.2, 0.25) is 0 Å². The van der Waals surface area contributed by atoms with Crippen molar-refractivity contribution in [2.45, 2.75) is 30.8 Å². The smallest absolute Gasteiger partial charge is 0.243 e. The van der Waals surface area contributed by atoms with Gasteiger partial charge in [0, 0.05) is 39.3 Å². The Labute approximate surface area is 155 Å². The van der Waals surface area contributed by atoms with E-state index in [-0.39, 0.29) is 6.10 Å². The third-order valence-corrected chi connectivity index (χ3v) is 7.00. The molecule has 0 radical (unpaired) electrons. The SMILES string of the molecule is Cc1ccc(S(=O)(=O)N2CCN(C(=S)NC[C@H]3CCCO3)CC2)cc1. The number of nitrogens with zero attached hydrogens (tertiary/aromatic N) is 2. The lowest BCUT2D eigenvalue weighted by atomic mass is 10.2. The second-order valence-corrected chi connectivity index (χ2v) is 8.85. The Balaban J connectivity index is 1.52. The average molecular weight is 384 g/mol. The van der Waals surface area contributed by atoms with Gasteiger partial charge in [-0.25, -0.2) is 8.42 Å². The number of benzene rings is 1. The van der Waals surface area contributed by atoms with Crippen molar-refractivity contribution in [2.75, 3.05) is 39.3 Å². The second kappa shape index (κ2) is 7.99. The lowest BCUT2D eigenvalue weighted by Crippen LogP contribution is -2.53. The fraction of sp³-hybridized carbons (Fsp3) is 0.588. The monoisotopic (exact) mass is 383 g/mol. The van der Waals surface area contributed by atoms with Crippen molar-refractivity contribution in [1.82, 2.24) is 14.5 Å². The molecule has 0 saturated carbocycles. The number of piperazine rings is 1. The maximum absolute atomic E-state index is 12.7. The minimum Gasteiger partial charge on any atom is -0.376 e. The zero-order valence-electron chi connectivity index (χ0n) is 14.5. The summed E-state index contributed by atoms with van der Waals surface area (Å²) in [5, 5.41) is 3.93. The summed E-state index contributed by atoms with van der Waals surface area (Å²) in [6.07, 6.45) is 2.41. The van der Waals surface area contributed by atoms with Crippen molar-refractivity contribution in [3.8, 4) is 0 Å². The van der Waals surface area contributed by atoms with Gasteiger partial charge in [0.05, 0.1) is 11.0 Å². The molecule has 2 aliphatic heterocycles. The summed E-state index contributed by atoms with van der Waals surface area (Å²) in [6, 6.07) is 7.00. The summed E-state index contributed by atoms with van der Waals surface area (Å²) in [5.41, 5.74) is 1.05. The highest BCUT2D eigenvalue weighted by Crippen LogP contribution is 2.18. The predicted molar refractivity (Wildman–Crippen MR) is 101 cm³/mol. The summed E-state index contributed by atoms with van der Waals surface area (Å²) >= 11 is 5.44. The Kier molecular flexibility index (Phi) is 5.93. The van der Waals surface area contributed by atoms with Crippen LogP contribution in [-0.4, -0.2) is 68.2 Å². The Hall–Kier alpha value is -1.22. The van der Waals surface area contributed by atoms with Gasteiger partial charge in [-0.2, -0.15) is 4.31 Å². The highest BCUT2D eigenvalue weighted by atomic mass is 32.2. The molecule has 3 rings (SSSR count). The highest BCUT2D eigenvalue weighted by Gasteiger charge is 2.29. The lowest BCUT2D eigenvalue weighted by molar-refractivity contribution is 0.113. The molecule has 1 aromatic carbocycles. The summed E-state index contributed by atoms with van der Waals surface area (Å²) in [6.45, 7) is 5.58. The van der Waals surface area contributed by atoms with Crippen molar-refractivity contribution >= 4 is 27.4 Å². The van der Waals surface area contributed by atoms with Gasteiger partial charge >= 0.3 is 0 Å². The molecule has 0 unspecified atom stereocenters. The van der Waals surface area contributed by atoms with Crippen molar-refractivity contribution in [2.24, 2.45) is 0 Å². The van der Waals surface area contributed by atoms with E-state index in [2.05, 4.69) is 5.32 Å². The molecule has 0 aliphatic carbocycles. The minimum absolute atomic E-state index is 0.237. The fourth-order valence-electron chi connectivity index (χ4n) is 3.11. The van der Waals surface area contributed by atoms with Gasteiger partial charge in [-0.05, 0) is 44.1 Å². The summed E-state index contributed by atoms with van der Waals surface area (Å²) in [4.78, 5) is 2.39. The zero-order valence-corrected chi connectivity index (χ0v) is 16.1. The van der Waals surface area contributed by atoms with Crippen molar-refractivity contribution < 1.29 is 13.2 Å². The predicted octanol–water partition coefficient (Wildman–Crippen LogP) is 1.35. The molecule has 138 valence electrons. The Morgan fingerprint density at radius 3 is 2.52 bits per heavy atom. The summed E-state index contributed by atoms with van der Waals surface area (Å²) < 4.78 is 32.6. The van der Waals surface area contributed by atoms with E-state index < -0.39 is 10.0 Å². The van der Waals surface area contributed by atoms with Gasteiger partial charge in [0.2, 0.25) is 10.0 Å². The number of thiocarbonyl (C=S) groups is 1. The molecule has 0 aromatic heterocycles. The van der Waals surface area contributed by atoms with Crippen LogP contribution in [0.1, 0.15) is 18.4 Å². The normalized spacial score (nSPS) is 22.1. The Morgan fingerprint density at radius 2 is 1.92 bits per heavy atom. The van der Waals surface area contributed by atoms with E-state index in [0.29, 0.717) is 36.2 Å². The number of aryl methyl sites for hydroxylation is 1. The fourth-order valence-corrected chi connectivity index (χ4v) is 4.80. The molecule has 1 aromatic rings. The van der Waals surface area contributed by atoms with Gasteiger partial charge in [0.25, 0.3) is 0 Å². The van der Waals surface area contributed by atoms with Crippen LogP contribution < -0.4 is 5.32 Å². The first-order valence-electron chi connectivity index (χ1n) is 8.68. The lowest BCUT2D eigenvalue weighted by Gasteiger charge is -2.35. The third kappa shape index (κ3) is 4.49. The molecule has 6 nitrogen and oxygen atoms in total. The van der Waals surface area contributed by atoms with Gasteiger partial charge in [-0.15, -0.1) is 0 Å². The average Bonchev–Trinajstić information content (AvgIpc) is 3.14. The van der Waals surface area contributed by atoms with E-state index >= 15 is 0 Å². The molecule has 2 aliphatic rings. The highest BCUT2D eigenvalue weighted by molar-refractivity contribution is 7.89. The van der Waals surface area contributed by atoms with Crippen LogP contribution in [0.15, 0.2) is 29.2 Å². The second-order valence-electron chi connectivity index (χ2n) is 6.53. The first-order chi connectivity index (χ1) is 12.0. The number of rotatable bonds is 4. The van der Waals surface area contributed by atoms with Gasteiger partial charge in [0.1, 0.15) is 0 Å². The van der Waals surface area contributed by atoms with E-state index in [9.17, 15) is 8.42 Å². The first kappa shape index (κ1) is 18.6. The molecule has 2 fully saturated rings. The van der Waals surface area contributed by atoms with Crippen LogP contribution in [0.4, 0.5) is 0 Å². The zero-order chi connectivity index (χ0) is 17.9. The van der Waals surface area contributed by atoms with Crippen LogP contribution >= 0.6 is 12.2 Å². The standard InChI is InChI=1S/C17H25N3O3S2/c1-14-4-6-16(7-5-14)25(21,22)20-10-8-19(9-11-20)17(24)18-13-15-3-2-12-23-15/h4-7,15H,2-3,8-13H2,1H3,(H,18,24)/t15-/m1/s1. The van der Waals surface area contributed by atoms with Crippen molar-refractivity contribution in [3.63, 3.8) is 0 Å². The first-order valence-corrected chi connectivity index (χ1v) is 10.5. The number of hydrogen-bond acceptors (Lipinski definition) is 4. The third-order valence-electron chi connectivity index (χ3n) is 4.69. The quantitative estimate of drug-likeness (QED) is 0.792. The maximum atomic E-state index is 12.7. The Bertz CT molecular complexity index is 692. The van der Waals surface area contributed by atoms with E-state index in [1.807, 2.05) is 24.0 Å². The molecule has 25 heavy (non-hydrogen) atoms. The van der Waals surface area contributed by atoms with Crippen molar-refractivity contribution in [3.05, 3.63) is 29.8 Å². The van der Waals surface area contributed by atoms with E-state index in [4.69, 9.17) is 17.0 Å². The van der Waals surface area contributed by atoms with E-state index in [0.717, 1.165) is 31.6 Å². The molecule has 0 amide bonds. The van der Waals surface area contributed by atoms with Crippen LogP contribution in [0.3, 0.4) is 0 Å². The Morgan fingerprint density at radius 1 is 1.24 bits per heavy atom. The van der Waals surface area contributed by atoms with Gasteiger partial charge in [-0.1, -0.05) is 17.7 Å². The molecule has 1 atom stereocenters. The van der Waals surface area contributed by atoms with E-state index in [1.54, 1.807) is 12.1 Å². The van der Waals surface area contributed by atoms with E-state index in [1.165, 1.54) is 4.31 Å². The molecule has 8 heteroatoms. The topological polar surface area (TPSA) is 61.9 Å². The van der Waals surface area contributed by atoms with Crippen LogP contribution in [-0.2, 0) is 14.8 Å². The largest absolute Gasteiger partial charge is 0.376 e. The molecule has 0 bridgehead atoms. The van der Waals surface area contributed by atoms with Crippen LogP contribution in [0, 0.1) is 6.92 Å². The number of nitrogens with one attached hydrogen (secondary N) is 1. The molecule has 0 spiro atoms. The number of ether oxygens (including phenoxy) is 1. The van der Waals surface area contributed by atoms with Crippen molar-refractivity contribution in [1.29, 1.82) is 0 Å². The van der Waals surface area contributed by atoms with Crippen LogP contribution in [0.25, 0.3) is 0 Å². The van der Waals surface area contributed by atoms with Gasteiger partial charge in [-0.3, -0.25) is 0 Å². The van der Waals surface area contributed by atoms with Gasteiger partial charge < -0.3 is 15.0 Å². The molecule has 2 saturated heterocycles. The minimum atomic E-state index is -3.43. The molecule has 2 heterocycles. The molecular weight excluding hydrogens is 358 g/mol. The van der Waals surface area contributed by atoms with Crippen LogP contribution in [0.5, 0.6) is 0 Å². The molecule has 1 N–H and O–H groups in total. The maximum Gasteiger partial charge on any atom is 0.243 e. The summed E-state index contributed by atoms with van der Waals surface area (Å²) in [5.74, 6) is 0. The number of sulfonamides is 1. The number of hydrogen-bond donors (Lipinski definition) is 1. The molecular formula is C17H25N3O3S2. The summed E-state index contributed by atoms with van der Waals surface area (Å²) in [7, 11) is -3.43.